The maximum Gasteiger partial charge on any atom is 0.293 e. The molecule has 0 spiro atoms. The van der Waals surface area contributed by atoms with Crippen molar-refractivity contribution in [2.75, 3.05) is 38.2 Å². The number of anilines is 1. The summed E-state index contributed by atoms with van der Waals surface area (Å²) in [6.45, 7) is 2.79. The lowest BCUT2D eigenvalue weighted by Crippen LogP contribution is -2.35. The molecule has 1 fully saturated rings. The fraction of sp³-hybridized carbons (Fsp3) is 0.556. The number of hydrogen-bond donors (Lipinski definition) is 1. The maximum atomic E-state index is 12.8. The summed E-state index contributed by atoms with van der Waals surface area (Å²) in [6.07, 6.45) is 6.33. The molecule has 0 unspecified atom stereocenters. The topological polar surface area (TPSA) is 102 Å². The highest BCUT2D eigenvalue weighted by atomic mass is 32.2. The average molecular weight is 395 g/mol. The summed E-state index contributed by atoms with van der Waals surface area (Å²) in [5.41, 5.74) is 1.39. The molecule has 2 heterocycles. The van der Waals surface area contributed by atoms with Crippen LogP contribution in [0.4, 0.5) is 11.4 Å². The molecule has 27 heavy (non-hydrogen) atoms. The van der Waals surface area contributed by atoms with E-state index in [0.717, 1.165) is 32.1 Å². The van der Waals surface area contributed by atoms with Crippen LogP contribution in [0.2, 0.25) is 0 Å². The molecule has 1 aromatic rings. The molecule has 1 saturated heterocycles. The first-order valence-corrected chi connectivity index (χ1v) is 10.7. The molecule has 0 amide bonds. The molecular weight excluding hydrogens is 370 g/mol. The number of benzene rings is 1. The smallest absolute Gasteiger partial charge is 0.293 e. The standard InChI is InChI=1S/C18H25N3O5S/c22-21(23)18-14-16(27(24,25)20-10-2-1-3-11-20)4-5-17(18)19-9-6-15-7-12-26-13-8-15/h4-5,7,14,19H,1-3,6,8-13H2. The molecule has 0 atom stereocenters. The SMILES string of the molecule is O=[N+]([O-])c1cc(S(=O)(=O)N2CCCCC2)ccc1NCCC1=CCOCC1. The first-order chi connectivity index (χ1) is 13.0. The Bertz CT molecular complexity index is 816. The van der Waals surface area contributed by atoms with Gasteiger partial charge in [0.2, 0.25) is 10.0 Å². The molecule has 0 radical (unpaired) electrons. The van der Waals surface area contributed by atoms with E-state index in [2.05, 4.69) is 5.32 Å². The zero-order valence-electron chi connectivity index (χ0n) is 15.2. The van der Waals surface area contributed by atoms with Crippen LogP contribution < -0.4 is 5.32 Å². The van der Waals surface area contributed by atoms with Crippen molar-refractivity contribution in [2.45, 2.75) is 37.0 Å². The molecule has 0 aliphatic carbocycles. The van der Waals surface area contributed by atoms with E-state index in [1.807, 2.05) is 6.08 Å². The summed E-state index contributed by atoms with van der Waals surface area (Å²) in [5.74, 6) is 0. The van der Waals surface area contributed by atoms with E-state index in [1.54, 1.807) is 0 Å². The molecule has 2 aliphatic heterocycles. The van der Waals surface area contributed by atoms with E-state index in [1.165, 1.54) is 28.1 Å². The predicted molar refractivity (Wildman–Crippen MR) is 102 cm³/mol. The number of hydrogen-bond acceptors (Lipinski definition) is 6. The molecule has 0 bridgehead atoms. The van der Waals surface area contributed by atoms with Crippen molar-refractivity contribution in [3.8, 4) is 0 Å². The van der Waals surface area contributed by atoms with Gasteiger partial charge in [-0.25, -0.2) is 8.42 Å². The summed E-state index contributed by atoms with van der Waals surface area (Å²) in [6, 6.07) is 4.11. The molecule has 8 nitrogen and oxygen atoms in total. The van der Waals surface area contributed by atoms with E-state index in [4.69, 9.17) is 4.74 Å². The minimum absolute atomic E-state index is 0.0196. The van der Waals surface area contributed by atoms with Gasteiger partial charge >= 0.3 is 0 Å². The summed E-state index contributed by atoms with van der Waals surface area (Å²) >= 11 is 0. The van der Waals surface area contributed by atoms with E-state index >= 15 is 0 Å². The quantitative estimate of drug-likeness (QED) is 0.433. The Morgan fingerprint density at radius 1 is 1.22 bits per heavy atom. The van der Waals surface area contributed by atoms with Crippen LogP contribution in [0.15, 0.2) is 34.7 Å². The number of piperidine rings is 1. The van der Waals surface area contributed by atoms with Gasteiger partial charge in [0, 0.05) is 25.7 Å². The first-order valence-electron chi connectivity index (χ1n) is 9.26. The van der Waals surface area contributed by atoms with E-state index in [0.29, 0.717) is 38.5 Å². The van der Waals surface area contributed by atoms with Gasteiger partial charge < -0.3 is 10.1 Å². The lowest BCUT2D eigenvalue weighted by Gasteiger charge is -2.25. The first kappa shape index (κ1) is 19.8. The second-order valence-electron chi connectivity index (χ2n) is 6.76. The largest absolute Gasteiger partial charge is 0.379 e. The summed E-state index contributed by atoms with van der Waals surface area (Å²) in [4.78, 5) is 10.9. The van der Waals surface area contributed by atoms with Gasteiger partial charge in [-0.2, -0.15) is 4.31 Å². The zero-order valence-corrected chi connectivity index (χ0v) is 16.0. The zero-order chi connectivity index (χ0) is 19.3. The van der Waals surface area contributed by atoms with Crippen molar-refractivity contribution < 1.29 is 18.1 Å². The number of rotatable bonds is 7. The third-order valence-electron chi connectivity index (χ3n) is 4.94. The Labute approximate surface area is 159 Å². The van der Waals surface area contributed by atoms with Crippen molar-refractivity contribution in [3.63, 3.8) is 0 Å². The van der Waals surface area contributed by atoms with Crippen LogP contribution in [0, 0.1) is 10.1 Å². The van der Waals surface area contributed by atoms with Crippen LogP contribution in [0.25, 0.3) is 0 Å². The lowest BCUT2D eigenvalue weighted by molar-refractivity contribution is -0.384. The number of sulfonamides is 1. The van der Waals surface area contributed by atoms with Crippen molar-refractivity contribution in [2.24, 2.45) is 0 Å². The van der Waals surface area contributed by atoms with Gasteiger partial charge in [0.1, 0.15) is 5.69 Å². The van der Waals surface area contributed by atoms with Crippen LogP contribution >= 0.6 is 0 Å². The van der Waals surface area contributed by atoms with Crippen LogP contribution in [-0.2, 0) is 14.8 Å². The maximum absolute atomic E-state index is 12.8. The number of ether oxygens (including phenoxy) is 1. The van der Waals surface area contributed by atoms with Gasteiger partial charge in [-0.05, 0) is 37.8 Å². The highest BCUT2D eigenvalue weighted by Gasteiger charge is 2.28. The Morgan fingerprint density at radius 2 is 2.00 bits per heavy atom. The molecule has 1 aromatic carbocycles. The Hall–Kier alpha value is -1.97. The monoisotopic (exact) mass is 395 g/mol. The van der Waals surface area contributed by atoms with Gasteiger partial charge in [0.05, 0.1) is 23.0 Å². The van der Waals surface area contributed by atoms with Crippen molar-refractivity contribution in [3.05, 3.63) is 40.0 Å². The molecule has 0 aromatic heterocycles. The van der Waals surface area contributed by atoms with Gasteiger partial charge in [0.25, 0.3) is 5.69 Å². The molecule has 9 heteroatoms. The molecule has 2 aliphatic rings. The normalized spacial score (nSPS) is 18.7. The van der Waals surface area contributed by atoms with Crippen LogP contribution in [0.3, 0.4) is 0 Å². The van der Waals surface area contributed by atoms with Crippen LogP contribution in [0.1, 0.15) is 32.1 Å². The van der Waals surface area contributed by atoms with Crippen LogP contribution in [0.5, 0.6) is 0 Å². The fourth-order valence-corrected chi connectivity index (χ4v) is 4.91. The predicted octanol–water partition coefficient (Wildman–Crippen LogP) is 2.92. The van der Waals surface area contributed by atoms with Gasteiger partial charge in [-0.15, -0.1) is 0 Å². The summed E-state index contributed by atoms with van der Waals surface area (Å²) in [5, 5.41) is 14.5. The fourth-order valence-electron chi connectivity index (χ4n) is 3.38. The minimum atomic E-state index is -3.69. The van der Waals surface area contributed by atoms with Crippen molar-refractivity contribution in [1.82, 2.24) is 4.31 Å². The van der Waals surface area contributed by atoms with Crippen molar-refractivity contribution in [1.29, 1.82) is 0 Å². The average Bonchev–Trinajstić information content (AvgIpc) is 2.69. The molecule has 0 saturated carbocycles. The van der Waals surface area contributed by atoms with E-state index in [9.17, 15) is 18.5 Å². The Morgan fingerprint density at radius 3 is 2.67 bits per heavy atom. The minimum Gasteiger partial charge on any atom is -0.379 e. The lowest BCUT2D eigenvalue weighted by atomic mass is 10.1. The Balaban J connectivity index is 1.74. The number of nitro benzene ring substituents is 1. The highest BCUT2D eigenvalue weighted by Crippen LogP contribution is 2.30. The molecule has 3 rings (SSSR count). The van der Waals surface area contributed by atoms with Gasteiger partial charge in [-0.3, -0.25) is 10.1 Å². The summed E-state index contributed by atoms with van der Waals surface area (Å²) in [7, 11) is -3.69. The third kappa shape index (κ3) is 4.85. The number of nitrogens with one attached hydrogen (secondary N) is 1. The van der Waals surface area contributed by atoms with Gasteiger partial charge in [-0.1, -0.05) is 18.1 Å². The molecule has 148 valence electrons. The number of nitrogens with zero attached hydrogens (tertiary/aromatic N) is 2. The highest BCUT2D eigenvalue weighted by molar-refractivity contribution is 7.89. The number of nitro groups is 1. The molecule has 1 N–H and O–H groups in total. The summed E-state index contributed by atoms with van der Waals surface area (Å²) < 4.78 is 32.2. The van der Waals surface area contributed by atoms with Gasteiger partial charge in [0.15, 0.2) is 0 Å². The molecular formula is C18H25N3O5S. The second-order valence-corrected chi connectivity index (χ2v) is 8.70. The van der Waals surface area contributed by atoms with Crippen molar-refractivity contribution >= 4 is 21.4 Å². The Kier molecular flexibility index (Phi) is 6.46. The van der Waals surface area contributed by atoms with E-state index in [-0.39, 0.29) is 10.6 Å². The van der Waals surface area contributed by atoms with E-state index < -0.39 is 14.9 Å². The third-order valence-corrected chi connectivity index (χ3v) is 6.83. The second kappa shape index (κ2) is 8.81. The van der Waals surface area contributed by atoms with Crippen LogP contribution in [-0.4, -0.2) is 50.5 Å².